The predicted octanol–water partition coefficient (Wildman–Crippen LogP) is 1.62. The highest BCUT2D eigenvalue weighted by Gasteiger charge is 2.24. The molecule has 2 aliphatic rings. The Morgan fingerprint density at radius 3 is 3.05 bits per heavy atom. The molecule has 1 saturated carbocycles. The highest BCUT2D eigenvalue weighted by atomic mass is 79.9. The molecule has 0 radical (unpaired) electrons. The molecule has 1 aliphatic heterocycles. The van der Waals surface area contributed by atoms with Crippen LogP contribution in [-0.2, 0) is 11.2 Å². The van der Waals surface area contributed by atoms with Gasteiger partial charge in [0.15, 0.2) is 0 Å². The molecule has 102 valence electrons. The summed E-state index contributed by atoms with van der Waals surface area (Å²) in [5.41, 5.74) is 1.23. The van der Waals surface area contributed by atoms with Gasteiger partial charge in [-0.2, -0.15) is 0 Å². The Labute approximate surface area is 121 Å². The van der Waals surface area contributed by atoms with Crippen LogP contribution in [0.25, 0.3) is 0 Å². The van der Waals surface area contributed by atoms with Crippen LogP contribution in [-0.4, -0.2) is 31.1 Å². The zero-order valence-corrected chi connectivity index (χ0v) is 12.2. The highest BCUT2D eigenvalue weighted by molar-refractivity contribution is 9.10. The Morgan fingerprint density at radius 1 is 1.42 bits per heavy atom. The molecule has 1 aromatic rings. The van der Waals surface area contributed by atoms with E-state index in [9.17, 15) is 4.79 Å². The van der Waals surface area contributed by atoms with Crippen molar-refractivity contribution in [3.05, 3.63) is 28.2 Å². The summed E-state index contributed by atoms with van der Waals surface area (Å²) in [5, 5.41) is 6.12. The first-order valence-electron chi connectivity index (χ1n) is 6.66. The number of hydrogen-bond acceptors (Lipinski definition) is 3. The number of ether oxygens (including phenoxy) is 1. The second kappa shape index (κ2) is 5.51. The smallest absolute Gasteiger partial charge is 0.234 e. The minimum atomic E-state index is 0.0840. The maximum absolute atomic E-state index is 11.5. The molecule has 1 fully saturated rings. The van der Waals surface area contributed by atoms with Gasteiger partial charge in [0.2, 0.25) is 5.91 Å². The third-order valence-corrected chi connectivity index (χ3v) is 3.86. The predicted molar refractivity (Wildman–Crippen MR) is 76.3 cm³/mol. The van der Waals surface area contributed by atoms with Gasteiger partial charge in [-0.15, -0.1) is 0 Å². The molecule has 1 unspecified atom stereocenters. The Kier molecular flexibility index (Phi) is 3.75. The van der Waals surface area contributed by atoms with Gasteiger partial charge in [0, 0.05) is 23.5 Å². The molecular formula is C14H17BrN2O2. The maximum atomic E-state index is 11.5. The zero-order chi connectivity index (χ0) is 13.2. The van der Waals surface area contributed by atoms with Crippen molar-refractivity contribution in [2.24, 2.45) is 0 Å². The molecule has 3 rings (SSSR count). The van der Waals surface area contributed by atoms with Gasteiger partial charge in [0.25, 0.3) is 0 Å². The molecule has 0 aromatic heterocycles. The van der Waals surface area contributed by atoms with Gasteiger partial charge in [-0.3, -0.25) is 4.79 Å². The van der Waals surface area contributed by atoms with Gasteiger partial charge >= 0.3 is 0 Å². The van der Waals surface area contributed by atoms with Crippen LogP contribution in [0.4, 0.5) is 0 Å². The molecule has 0 saturated heterocycles. The molecular weight excluding hydrogens is 308 g/mol. The molecule has 19 heavy (non-hydrogen) atoms. The minimum Gasteiger partial charge on any atom is -0.488 e. The standard InChI is InChI=1S/C14H17BrN2O2/c15-10-1-4-13-9(5-10)6-12(19-13)7-16-8-14(18)17-11-2-3-11/h1,4-5,11-12,16H,2-3,6-8H2,(H,17,18). The number of carbonyl (C=O) groups is 1. The van der Waals surface area contributed by atoms with E-state index in [1.165, 1.54) is 5.56 Å². The average molecular weight is 325 g/mol. The average Bonchev–Trinajstić information content (AvgIpc) is 3.07. The van der Waals surface area contributed by atoms with Crippen molar-refractivity contribution in [3.8, 4) is 5.75 Å². The Morgan fingerprint density at radius 2 is 2.26 bits per heavy atom. The van der Waals surface area contributed by atoms with Crippen LogP contribution in [0, 0.1) is 0 Å². The van der Waals surface area contributed by atoms with E-state index in [1.807, 2.05) is 12.1 Å². The SMILES string of the molecule is O=C(CNCC1Cc2cc(Br)ccc2O1)NC1CC1. The third-order valence-electron chi connectivity index (χ3n) is 3.36. The molecule has 1 heterocycles. The summed E-state index contributed by atoms with van der Waals surface area (Å²) in [7, 11) is 0. The van der Waals surface area contributed by atoms with Gasteiger partial charge in [0.1, 0.15) is 11.9 Å². The van der Waals surface area contributed by atoms with Gasteiger partial charge in [-0.1, -0.05) is 15.9 Å². The Balaban J connectivity index is 1.41. The maximum Gasteiger partial charge on any atom is 0.234 e. The number of halogens is 1. The first-order valence-corrected chi connectivity index (χ1v) is 7.45. The van der Waals surface area contributed by atoms with Crippen molar-refractivity contribution in [1.82, 2.24) is 10.6 Å². The fourth-order valence-corrected chi connectivity index (χ4v) is 2.66. The molecule has 1 aromatic carbocycles. The van der Waals surface area contributed by atoms with Crippen molar-refractivity contribution in [1.29, 1.82) is 0 Å². The first kappa shape index (κ1) is 12.9. The normalized spacial score (nSPS) is 20.8. The number of amides is 1. The van der Waals surface area contributed by atoms with Crippen molar-refractivity contribution in [2.75, 3.05) is 13.1 Å². The van der Waals surface area contributed by atoms with Crippen LogP contribution in [0.5, 0.6) is 5.75 Å². The lowest BCUT2D eigenvalue weighted by Crippen LogP contribution is -2.39. The summed E-state index contributed by atoms with van der Waals surface area (Å²) in [6.07, 6.45) is 3.27. The summed E-state index contributed by atoms with van der Waals surface area (Å²) in [5.74, 6) is 1.04. The Hall–Kier alpha value is -1.07. The monoisotopic (exact) mass is 324 g/mol. The molecule has 0 bridgehead atoms. The number of benzene rings is 1. The van der Waals surface area contributed by atoms with E-state index in [1.54, 1.807) is 0 Å². The molecule has 1 aliphatic carbocycles. The highest BCUT2D eigenvalue weighted by Crippen LogP contribution is 2.30. The van der Waals surface area contributed by atoms with Gasteiger partial charge in [-0.25, -0.2) is 0 Å². The van der Waals surface area contributed by atoms with Crippen LogP contribution < -0.4 is 15.4 Å². The lowest BCUT2D eigenvalue weighted by molar-refractivity contribution is -0.120. The van der Waals surface area contributed by atoms with Crippen molar-refractivity contribution in [2.45, 2.75) is 31.4 Å². The van der Waals surface area contributed by atoms with Crippen molar-refractivity contribution >= 4 is 21.8 Å². The quantitative estimate of drug-likeness (QED) is 0.865. The fourth-order valence-electron chi connectivity index (χ4n) is 2.26. The summed E-state index contributed by atoms with van der Waals surface area (Å²) >= 11 is 3.46. The third kappa shape index (κ3) is 3.48. The number of hydrogen-bond donors (Lipinski definition) is 2. The van der Waals surface area contributed by atoms with Crippen LogP contribution >= 0.6 is 15.9 Å². The number of nitrogens with one attached hydrogen (secondary N) is 2. The second-order valence-corrected chi connectivity index (χ2v) is 6.08. The van der Waals surface area contributed by atoms with Gasteiger partial charge in [-0.05, 0) is 36.6 Å². The van der Waals surface area contributed by atoms with Gasteiger partial charge < -0.3 is 15.4 Å². The number of carbonyl (C=O) groups excluding carboxylic acids is 1. The molecule has 1 atom stereocenters. The molecule has 4 nitrogen and oxygen atoms in total. The summed E-state index contributed by atoms with van der Waals surface area (Å²) < 4.78 is 6.90. The molecule has 5 heteroatoms. The summed E-state index contributed by atoms with van der Waals surface area (Å²) in [6.45, 7) is 1.07. The number of fused-ring (bicyclic) bond motifs is 1. The van der Waals surface area contributed by atoms with Crippen molar-refractivity contribution in [3.63, 3.8) is 0 Å². The van der Waals surface area contributed by atoms with E-state index in [2.05, 4.69) is 32.6 Å². The van der Waals surface area contributed by atoms with E-state index < -0.39 is 0 Å². The topological polar surface area (TPSA) is 50.4 Å². The minimum absolute atomic E-state index is 0.0840. The summed E-state index contributed by atoms with van der Waals surface area (Å²) in [6, 6.07) is 6.49. The van der Waals surface area contributed by atoms with E-state index >= 15 is 0 Å². The summed E-state index contributed by atoms with van der Waals surface area (Å²) in [4.78, 5) is 11.5. The molecule has 2 N–H and O–H groups in total. The fraction of sp³-hybridized carbons (Fsp3) is 0.500. The lowest BCUT2D eigenvalue weighted by Gasteiger charge is -2.11. The van der Waals surface area contributed by atoms with Crippen molar-refractivity contribution < 1.29 is 9.53 Å². The number of rotatable bonds is 5. The first-order chi connectivity index (χ1) is 9.20. The molecule has 0 spiro atoms. The lowest BCUT2D eigenvalue weighted by atomic mass is 10.1. The Bertz CT molecular complexity index is 488. The van der Waals surface area contributed by atoms with E-state index in [0.29, 0.717) is 19.1 Å². The van der Waals surface area contributed by atoms with E-state index in [0.717, 1.165) is 29.5 Å². The van der Waals surface area contributed by atoms with Gasteiger partial charge in [0.05, 0.1) is 6.54 Å². The van der Waals surface area contributed by atoms with E-state index in [4.69, 9.17) is 4.74 Å². The van der Waals surface area contributed by atoms with Crippen LogP contribution in [0.1, 0.15) is 18.4 Å². The van der Waals surface area contributed by atoms with Crippen LogP contribution in [0.2, 0.25) is 0 Å². The van der Waals surface area contributed by atoms with Crippen LogP contribution in [0.15, 0.2) is 22.7 Å². The largest absolute Gasteiger partial charge is 0.488 e. The molecule has 1 amide bonds. The second-order valence-electron chi connectivity index (χ2n) is 5.17. The van der Waals surface area contributed by atoms with Crippen LogP contribution in [0.3, 0.4) is 0 Å². The zero-order valence-electron chi connectivity index (χ0n) is 10.6. The van der Waals surface area contributed by atoms with E-state index in [-0.39, 0.29) is 12.0 Å².